The third kappa shape index (κ3) is 4.48. The van der Waals surface area contributed by atoms with Crippen LogP contribution in [0.15, 0.2) is 53.6 Å². The lowest BCUT2D eigenvalue weighted by Crippen LogP contribution is -2.12. The van der Waals surface area contributed by atoms with Gasteiger partial charge >= 0.3 is 0 Å². The van der Waals surface area contributed by atoms with Gasteiger partial charge in [-0.2, -0.15) is 0 Å². The fraction of sp³-hybridized carbons (Fsp3) is 0.158. The van der Waals surface area contributed by atoms with Gasteiger partial charge in [-0.05, 0) is 47.9 Å². The number of alkyl halides is 1. The lowest BCUT2D eigenvalue weighted by Gasteiger charge is -2.04. The Morgan fingerprint density at radius 1 is 1.20 bits per heavy atom. The van der Waals surface area contributed by atoms with Gasteiger partial charge in [0.1, 0.15) is 5.82 Å². The third-order valence-corrected chi connectivity index (χ3v) is 7.14. The standard InChI is InChI=1S/C19H17FIN5O2S2/c20-16-6-3-13(9-14(16)10-21)17-11-24-19-26(17)25-18(29-19)23-8-7-12-1-4-15(5-2-12)30(22,27)28/h1-6,9,11H,7-8,10H2,(H,23,25)(H2,22,27,28). The maximum atomic E-state index is 13.8. The van der Waals surface area contributed by atoms with Crippen molar-refractivity contribution in [3.05, 3.63) is 65.6 Å². The number of nitrogens with zero attached hydrogens (tertiary/aromatic N) is 3. The largest absolute Gasteiger partial charge is 0.360 e. The first-order valence-electron chi connectivity index (χ1n) is 8.90. The van der Waals surface area contributed by atoms with Crippen LogP contribution in [-0.2, 0) is 20.9 Å². The number of hydrogen-bond acceptors (Lipinski definition) is 6. The highest BCUT2D eigenvalue weighted by Gasteiger charge is 2.13. The van der Waals surface area contributed by atoms with Crippen molar-refractivity contribution in [1.29, 1.82) is 0 Å². The van der Waals surface area contributed by atoms with E-state index in [1.165, 1.54) is 29.5 Å². The lowest BCUT2D eigenvalue weighted by atomic mass is 10.1. The molecular formula is C19H17FIN5O2S2. The van der Waals surface area contributed by atoms with Crippen LogP contribution in [0.3, 0.4) is 0 Å². The summed E-state index contributed by atoms with van der Waals surface area (Å²) < 4.78 is 38.8. The van der Waals surface area contributed by atoms with E-state index in [4.69, 9.17) is 5.14 Å². The van der Waals surface area contributed by atoms with E-state index in [9.17, 15) is 12.8 Å². The van der Waals surface area contributed by atoms with Crippen LogP contribution in [0.4, 0.5) is 9.52 Å². The number of nitrogens with one attached hydrogen (secondary N) is 1. The molecule has 0 unspecified atom stereocenters. The van der Waals surface area contributed by atoms with Gasteiger partial charge in [-0.1, -0.05) is 46.1 Å². The van der Waals surface area contributed by atoms with Crippen LogP contribution in [0.25, 0.3) is 16.2 Å². The molecular weight excluding hydrogens is 540 g/mol. The van der Waals surface area contributed by atoms with E-state index in [0.29, 0.717) is 23.0 Å². The normalized spacial score (nSPS) is 11.8. The average molecular weight is 557 g/mol. The van der Waals surface area contributed by atoms with Crippen LogP contribution in [0.5, 0.6) is 0 Å². The lowest BCUT2D eigenvalue weighted by molar-refractivity contribution is 0.597. The Balaban J connectivity index is 1.46. The molecule has 3 N–H and O–H groups in total. The predicted octanol–water partition coefficient (Wildman–Crippen LogP) is 3.83. The van der Waals surface area contributed by atoms with E-state index in [2.05, 4.69) is 38.0 Å². The second-order valence-corrected chi connectivity index (χ2v) is 9.83. The summed E-state index contributed by atoms with van der Waals surface area (Å²) in [5, 5.41) is 13.7. The van der Waals surface area contributed by atoms with Crippen molar-refractivity contribution in [3.63, 3.8) is 0 Å². The Hall–Kier alpha value is -2.09. The molecule has 0 aliphatic carbocycles. The molecule has 0 aliphatic rings. The van der Waals surface area contributed by atoms with E-state index in [1.54, 1.807) is 28.9 Å². The molecule has 0 aliphatic heterocycles. The molecule has 7 nitrogen and oxygen atoms in total. The highest BCUT2D eigenvalue weighted by atomic mass is 127. The number of nitrogens with two attached hydrogens (primary N) is 1. The summed E-state index contributed by atoms with van der Waals surface area (Å²) in [5.41, 5.74) is 3.29. The topological polar surface area (TPSA) is 102 Å². The maximum Gasteiger partial charge on any atom is 0.238 e. The van der Waals surface area contributed by atoms with Crippen molar-refractivity contribution in [2.45, 2.75) is 15.7 Å². The number of aromatic nitrogens is 3. The zero-order valence-corrected chi connectivity index (χ0v) is 19.3. The first-order valence-corrected chi connectivity index (χ1v) is 12.8. The summed E-state index contributed by atoms with van der Waals surface area (Å²) in [6.07, 6.45) is 2.43. The molecule has 0 saturated heterocycles. The summed E-state index contributed by atoms with van der Waals surface area (Å²) in [7, 11) is -3.68. The minimum Gasteiger partial charge on any atom is -0.360 e. The van der Waals surface area contributed by atoms with E-state index in [-0.39, 0.29) is 10.7 Å². The van der Waals surface area contributed by atoms with E-state index in [0.717, 1.165) is 26.9 Å². The molecule has 0 amide bonds. The van der Waals surface area contributed by atoms with E-state index in [1.807, 2.05) is 6.07 Å². The molecule has 11 heteroatoms. The zero-order chi connectivity index (χ0) is 21.3. The molecule has 4 rings (SSSR count). The molecule has 0 saturated carbocycles. The van der Waals surface area contributed by atoms with Gasteiger partial charge in [0.25, 0.3) is 0 Å². The van der Waals surface area contributed by atoms with E-state index >= 15 is 0 Å². The molecule has 30 heavy (non-hydrogen) atoms. The second-order valence-electron chi connectivity index (χ2n) is 6.55. The Labute approximate surface area is 190 Å². The highest BCUT2D eigenvalue weighted by Crippen LogP contribution is 2.28. The second kappa shape index (κ2) is 8.57. The van der Waals surface area contributed by atoms with Gasteiger partial charge in [0, 0.05) is 16.5 Å². The van der Waals surface area contributed by atoms with Gasteiger partial charge in [0.05, 0.1) is 16.8 Å². The number of primary sulfonamides is 1. The summed E-state index contributed by atoms with van der Waals surface area (Å²) in [4.78, 5) is 5.24. The average Bonchev–Trinajstić information content (AvgIpc) is 3.28. The van der Waals surface area contributed by atoms with Crippen LogP contribution in [0.1, 0.15) is 11.1 Å². The van der Waals surface area contributed by atoms with E-state index < -0.39 is 10.0 Å². The molecule has 0 radical (unpaired) electrons. The summed E-state index contributed by atoms with van der Waals surface area (Å²) in [6.45, 7) is 0.621. The van der Waals surface area contributed by atoms with Crippen molar-refractivity contribution in [3.8, 4) is 11.3 Å². The Morgan fingerprint density at radius 2 is 1.97 bits per heavy atom. The maximum absolute atomic E-state index is 13.8. The Morgan fingerprint density at radius 3 is 2.67 bits per heavy atom. The molecule has 0 bridgehead atoms. The monoisotopic (exact) mass is 557 g/mol. The minimum atomic E-state index is -3.68. The van der Waals surface area contributed by atoms with Crippen molar-refractivity contribution in [2.24, 2.45) is 5.14 Å². The summed E-state index contributed by atoms with van der Waals surface area (Å²) in [5.74, 6) is -0.216. The quantitative estimate of drug-likeness (QED) is 0.266. The van der Waals surface area contributed by atoms with Gasteiger partial charge in [-0.25, -0.2) is 27.4 Å². The number of anilines is 1. The number of sulfonamides is 1. The molecule has 2 aromatic heterocycles. The highest BCUT2D eigenvalue weighted by molar-refractivity contribution is 14.1. The first-order chi connectivity index (χ1) is 14.3. The smallest absolute Gasteiger partial charge is 0.238 e. The number of halogens is 2. The molecule has 2 aromatic carbocycles. The van der Waals surface area contributed by atoms with Gasteiger partial charge < -0.3 is 5.32 Å². The van der Waals surface area contributed by atoms with Gasteiger partial charge in [0.15, 0.2) is 0 Å². The summed E-state index contributed by atoms with van der Waals surface area (Å²) >= 11 is 3.56. The fourth-order valence-corrected chi connectivity index (χ4v) is 4.86. The van der Waals surface area contributed by atoms with Crippen molar-refractivity contribution in [2.75, 3.05) is 11.9 Å². The van der Waals surface area contributed by atoms with Crippen LogP contribution in [-0.4, -0.2) is 29.6 Å². The molecule has 0 spiro atoms. The molecule has 4 aromatic rings. The Kier molecular flexibility index (Phi) is 6.04. The van der Waals surface area contributed by atoms with Crippen LogP contribution >= 0.6 is 33.9 Å². The minimum absolute atomic E-state index is 0.0967. The molecule has 156 valence electrons. The SMILES string of the molecule is NS(=O)(=O)c1ccc(CCNc2nn3c(-c4ccc(F)c(CI)c4)cnc3s2)cc1. The van der Waals surface area contributed by atoms with Gasteiger partial charge in [-0.3, -0.25) is 0 Å². The van der Waals surface area contributed by atoms with Crippen LogP contribution in [0.2, 0.25) is 0 Å². The predicted molar refractivity (Wildman–Crippen MR) is 124 cm³/mol. The van der Waals surface area contributed by atoms with Gasteiger partial charge in [-0.15, -0.1) is 5.10 Å². The van der Waals surface area contributed by atoms with Gasteiger partial charge in [0.2, 0.25) is 20.1 Å². The first kappa shape index (κ1) is 21.2. The fourth-order valence-electron chi connectivity index (χ4n) is 2.96. The summed E-state index contributed by atoms with van der Waals surface area (Å²) in [6, 6.07) is 11.5. The number of imidazole rings is 1. The Bertz CT molecular complexity index is 1300. The zero-order valence-electron chi connectivity index (χ0n) is 15.5. The van der Waals surface area contributed by atoms with Crippen molar-refractivity contribution < 1.29 is 12.8 Å². The number of fused-ring (bicyclic) bond motifs is 1. The number of rotatable bonds is 7. The van der Waals surface area contributed by atoms with Crippen molar-refractivity contribution >= 4 is 54.0 Å². The number of benzene rings is 2. The van der Waals surface area contributed by atoms with Crippen molar-refractivity contribution in [1.82, 2.24) is 14.6 Å². The van der Waals surface area contributed by atoms with Crippen LogP contribution < -0.4 is 10.5 Å². The number of hydrogen-bond donors (Lipinski definition) is 2. The molecule has 0 atom stereocenters. The molecule has 2 heterocycles. The molecule has 0 fully saturated rings. The third-order valence-electron chi connectivity index (χ3n) is 4.51. The van der Waals surface area contributed by atoms with Crippen LogP contribution in [0, 0.1) is 5.82 Å².